The highest BCUT2D eigenvalue weighted by Gasteiger charge is 2.18. The van der Waals surface area contributed by atoms with Crippen LogP contribution < -0.4 is 21.5 Å². The quantitative estimate of drug-likeness (QED) is 0.603. The Morgan fingerprint density at radius 1 is 1.12 bits per heavy atom. The molecule has 26 heavy (non-hydrogen) atoms. The zero-order chi connectivity index (χ0) is 19.3. The number of nitrogens with two attached hydrogens (primary N) is 2. The molecule has 0 aromatic heterocycles. The monoisotopic (exact) mass is 376 g/mol. The standard InChI is InChI=1S/C17H20N4O4S/c1-11-7-8-13(9-15(11)26(19,24)25)20-16(22)10-14(21-17(18)23)12-5-3-2-4-6-12/h2-9,14H,10H2,1H3,(H,20,22)(H3,18,21,23)(H2,19,24,25). The molecule has 2 aromatic carbocycles. The predicted octanol–water partition coefficient (Wildman–Crippen LogP) is 1.38. The van der Waals surface area contributed by atoms with Crippen LogP contribution in [0.3, 0.4) is 0 Å². The van der Waals surface area contributed by atoms with E-state index in [1.807, 2.05) is 6.07 Å². The molecule has 1 unspecified atom stereocenters. The average molecular weight is 376 g/mol. The molecule has 8 nitrogen and oxygen atoms in total. The molecule has 0 radical (unpaired) electrons. The van der Waals surface area contributed by atoms with E-state index in [1.165, 1.54) is 6.07 Å². The number of anilines is 1. The Morgan fingerprint density at radius 2 is 1.77 bits per heavy atom. The maximum absolute atomic E-state index is 12.3. The van der Waals surface area contributed by atoms with Gasteiger partial charge in [-0.15, -0.1) is 0 Å². The van der Waals surface area contributed by atoms with Gasteiger partial charge in [-0.3, -0.25) is 4.79 Å². The van der Waals surface area contributed by atoms with E-state index in [1.54, 1.807) is 43.3 Å². The number of hydrogen-bond acceptors (Lipinski definition) is 4. The molecule has 0 saturated heterocycles. The van der Waals surface area contributed by atoms with Crippen molar-refractivity contribution in [3.63, 3.8) is 0 Å². The zero-order valence-corrected chi connectivity index (χ0v) is 14.9. The molecule has 0 bridgehead atoms. The minimum absolute atomic E-state index is 0.0647. The number of sulfonamides is 1. The number of carbonyl (C=O) groups excluding carboxylic acids is 2. The summed E-state index contributed by atoms with van der Waals surface area (Å²) in [6.45, 7) is 1.60. The Bertz CT molecular complexity index is 914. The lowest BCUT2D eigenvalue weighted by Gasteiger charge is -2.18. The minimum atomic E-state index is -3.90. The van der Waals surface area contributed by atoms with Gasteiger partial charge in [0.05, 0.1) is 17.4 Å². The number of benzene rings is 2. The van der Waals surface area contributed by atoms with Gasteiger partial charge in [-0.2, -0.15) is 0 Å². The van der Waals surface area contributed by atoms with Crippen molar-refractivity contribution in [3.05, 3.63) is 59.7 Å². The van der Waals surface area contributed by atoms with Gasteiger partial charge in [0.2, 0.25) is 15.9 Å². The molecule has 0 aliphatic rings. The highest BCUT2D eigenvalue weighted by molar-refractivity contribution is 7.89. The second kappa shape index (κ2) is 7.98. The summed E-state index contributed by atoms with van der Waals surface area (Å²) in [5.41, 5.74) is 6.66. The predicted molar refractivity (Wildman–Crippen MR) is 97.7 cm³/mol. The molecule has 0 heterocycles. The smallest absolute Gasteiger partial charge is 0.312 e. The SMILES string of the molecule is Cc1ccc(NC(=O)CC(NC(N)=O)c2ccccc2)cc1S(N)(=O)=O. The largest absolute Gasteiger partial charge is 0.352 e. The van der Waals surface area contributed by atoms with Gasteiger partial charge >= 0.3 is 6.03 Å². The first-order valence-electron chi connectivity index (χ1n) is 7.71. The first-order chi connectivity index (χ1) is 12.2. The van der Waals surface area contributed by atoms with E-state index in [-0.39, 0.29) is 17.0 Å². The normalized spacial score (nSPS) is 12.2. The summed E-state index contributed by atoms with van der Waals surface area (Å²) in [7, 11) is -3.90. The molecule has 2 aromatic rings. The molecule has 138 valence electrons. The van der Waals surface area contributed by atoms with Crippen LogP contribution in [0.5, 0.6) is 0 Å². The Morgan fingerprint density at radius 3 is 2.35 bits per heavy atom. The molecule has 6 N–H and O–H groups in total. The van der Waals surface area contributed by atoms with Crippen LogP contribution in [0, 0.1) is 6.92 Å². The van der Waals surface area contributed by atoms with Gasteiger partial charge in [0.15, 0.2) is 0 Å². The average Bonchev–Trinajstić information content (AvgIpc) is 2.55. The highest BCUT2D eigenvalue weighted by atomic mass is 32.2. The van der Waals surface area contributed by atoms with Crippen LogP contribution in [0.4, 0.5) is 10.5 Å². The molecule has 1 atom stereocenters. The third kappa shape index (κ3) is 5.30. The van der Waals surface area contributed by atoms with Gasteiger partial charge in [-0.25, -0.2) is 18.4 Å². The van der Waals surface area contributed by atoms with E-state index in [4.69, 9.17) is 10.9 Å². The molecule has 2 rings (SSSR count). The Kier molecular flexibility index (Phi) is 5.96. The Balaban J connectivity index is 2.17. The van der Waals surface area contributed by atoms with Crippen LogP contribution in [0.1, 0.15) is 23.6 Å². The Labute approximate surface area is 151 Å². The topological polar surface area (TPSA) is 144 Å². The number of aryl methyl sites for hydroxylation is 1. The lowest BCUT2D eigenvalue weighted by molar-refractivity contribution is -0.116. The molecule has 0 spiro atoms. The second-order valence-corrected chi connectivity index (χ2v) is 7.28. The summed E-state index contributed by atoms with van der Waals surface area (Å²) in [4.78, 5) is 23.5. The summed E-state index contributed by atoms with van der Waals surface area (Å²) in [6.07, 6.45) is -0.0778. The van der Waals surface area contributed by atoms with Gasteiger partial charge in [0.1, 0.15) is 0 Å². The van der Waals surface area contributed by atoms with E-state index in [0.29, 0.717) is 5.56 Å². The van der Waals surface area contributed by atoms with E-state index in [2.05, 4.69) is 10.6 Å². The van der Waals surface area contributed by atoms with Crippen molar-refractivity contribution in [2.24, 2.45) is 10.9 Å². The highest BCUT2D eigenvalue weighted by Crippen LogP contribution is 2.21. The van der Waals surface area contributed by atoms with Gasteiger partial charge in [-0.05, 0) is 30.2 Å². The Hall–Kier alpha value is -2.91. The summed E-state index contributed by atoms with van der Waals surface area (Å²) in [6, 6.07) is 11.9. The lowest BCUT2D eigenvalue weighted by Crippen LogP contribution is -2.35. The summed E-state index contributed by atoms with van der Waals surface area (Å²) >= 11 is 0. The van der Waals surface area contributed by atoms with Gasteiger partial charge in [0.25, 0.3) is 0 Å². The lowest BCUT2D eigenvalue weighted by atomic mass is 10.0. The number of carbonyl (C=O) groups is 2. The number of nitrogens with one attached hydrogen (secondary N) is 2. The molecular formula is C17H20N4O4S. The van der Waals surface area contributed by atoms with E-state index < -0.39 is 28.0 Å². The van der Waals surface area contributed by atoms with Crippen LogP contribution in [0.15, 0.2) is 53.4 Å². The minimum Gasteiger partial charge on any atom is -0.352 e. The molecular weight excluding hydrogens is 356 g/mol. The second-order valence-electron chi connectivity index (χ2n) is 5.75. The maximum atomic E-state index is 12.3. The van der Waals surface area contributed by atoms with E-state index in [0.717, 1.165) is 5.56 Å². The van der Waals surface area contributed by atoms with Crippen molar-refractivity contribution >= 4 is 27.6 Å². The third-order valence-corrected chi connectivity index (χ3v) is 4.74. The number of amides is 3. The maximum Gasteiger partial charge on any atom is 0.312 e. The van der Waals surface area contributed by atoms with Gasteiger partial charge in [0, 0.05) is 5.69 Å². The first kappa shape index (κ1) is 19.4. The molecule has 0 aliphatic carbocycles. The zero-order valence-electron chi connectivity index (χ0n) is 14.1. The molecule has 0 saturated carbocycles. The number of urea groups is 1. The fourth-order valence-electron chi connectivity index (χ4n) is 2.49. The van der Waals surface area contributed by atoms with Gasteiger partial charge in [-0.1, -0.05) is 36.4 Å². The van der Waals surface area contributed by atoms with Crippen molar-refractivity contribution in [2.45, 2.75) is 24.3 Å². The van der Waals surface area contributed by atoms with Crippen LogP contribution >= 0.6 is 0 Å². The van der Waals surface area contributed by atoms with Crippen molar-refractivity contribution in [2.75, 3.05) is 5.32 Å². The van der Waals surface area contributed by atoms with Crippen molar-refractivity contribution < 1.29 is 18.0 Å². The molecule has 3 amide bonds. The molecule has 9 heteroatoms. The summed E-state index contributed by atoms with van der Waals surface area (Å²) in [5, 5.41) is 10.3. The summed E-state index contributed by atoms with van der Waals surface area (Å²) < 4.78 is 23.2. The van der Waals surface area contributed by atoms with Crippen molar-refractivity contribution in [3.8, 4) is 0 Å². The van der Waals surface area contributed by atoms with Crippen LogP contribution in [0.25, 0.3) is 0 Å². The molecule has 0 fully saturated rings. The van der Waals surface area contributed by atoms with Gasteiger partial charge < -0.3 is 16.4 Å². The summed E-state index contributed by atoms with van der Waals surface area (Å²) in [5.74, 6) is -0.420. The number of hydrogen-bond donors (Lipinski definition) is 4. The van der Waals surface area contributed by atoms with Crippen LogP contribution in [-0.2, 0) is 14.8 Å². The number of primary sulfonamides is 1. The van der Waals surface area contributed by atoms with E-state index >= 15 is 0 Å². The van der Waals surface area contributed by atoms with E-state index in [9.17, 15) is 18.0 Å². The van der Waals surface area contributed by atoms with Crippen LogP contribution in [0.2, 0.25) is 0 Å². The number of rotatable bonds is 6. The number of primary amides is 1. The fraction of sp³-hybridized carbons (Fsp3) is 0.176. The van der Waals surface area contributed by atoms with Crippen molar-refractivity contribution in [1.82, 2.24) is 5.32 Å². The van der Waals surface area contributed by atoms with Crippen LogP contribution in [-0.4, -0.2) is 20.4 Å². The van der Waals surface area contributed by atoms with Crippen molar-refractivity contribution in [1.29, 1.82) is 0 Å². The molecule has 0 aliphatic heterocycles. The fourth-order valence-corrected chi connectivity index (χ4v) is 3.30. The third-order valence-electron chi connectivity index (χ3n) is 3.69. The first-order valence-corrected chi connectivity index (χ1v) is 9.25.